The number of alkyl halides is 3. The van der Waals surface area contributed by atoms with E-state index >= 15 is 0 Å². The Morgan fingerprint density at radius 1 is 1.25 bits per heavy atom. The first-order valence-corrected chi connectivity index (χ1v) is 5.93. The van der Waals surface area contributed by atoms with E-state index in [4.69, 9.17) is 0 Å². The summed E-state index contributed by atoms with van der Waals surface area (Å²) in [7, 11) is -5.29. The Balaban J connectivity index is 3.34. The monoisotopic (exact) mass is 253 g/mol. The van der Waals surface area contributed by atoms with E-state index in [1.54, 1.807) is 6.92 Å². The zero-order valence-electron chi connectivity index (χ0n) is 8.38. The normalized spacial score (nSPS) is 12.5. The number of rotatable bonds is 3. The summed E-state index contributed by atoms with van der Waals surface area (Å²) in [6.45, 7) is 2.00. The van der Waals surface area contributed by atoms with Gasteiger partial charge in [-0.1, -0.05) is 12.1 Å². The quantitative estimate of drug-likeness (QED) is 0.899. The minimum Gasteiger partial charge on any atom is -0.384 e. The molecule has 1 N–H and O–H groups in total. The number of hydrogen-bond acceptors (Lipinski definition) is 3. The second-order valence-electron chi connectivity index (χ2n) is 2.98. The smallest absolute Gasteiger partial charge is 0.384 e. The molecular weight excluding hydrogens is 243 g/mol. The molecule has 0 aliphatic rings. The van der Waals surface area contributed by atoms with Gasteiger partial charge in [-0.3, -0.25) is 0 Å². The molecule has 0 atom stereocenters. The third-order valence-corrected chi connectivity index (χ3v) is 3.39. The third kappa shape index (κ3) is 2.29. The number of benzene rings is 1. The molecule has 0 amide bonds. The van der Waals surface area contributed by atoms with E-state index in [1.807, 2.05) is 0 Å². The second-order valence-corrected chi connectivity index (χ2v) is 4.89. The summed E-state index contributed by atoms with van der Waals surface area (Å²) in [6, 6.07) is 4.94. The molecule has 3 nitrogen and oxygen atoms in total. The average Bonchev–Trinajstić information content (AvgIpc) is 2.17. The van der Waals surface area contributed by atoms with Crippen LogP contribution in [0, 0.1) is 0 Å². The van der Waals surface area contributed by atoms with Crippen LogP contribution < -0.4 is 5.32 Å². The van der Waals surface area contributed by atoms with Gasteiger partial charge in [-0.05, 0) is 19.1 Å². The number of para-hydroxylation sites is 1. The van der Waals surface area contributed by atoms with Gasteiger partial charge in [0.25, 0.3) is 9.84 Å². The van der Waals surface area contributed by atoms with E-state index in [0.29, 0.717) is 6.54 Å². The Morgan fingerprint density at radius 3 is 2.31 bits per heavy atom. The molecule has 1 rings (SSSR count). The summed E-state index contributed by atoms with van der Waals surface area (Å²) in [5.41, 5.74) is -5.32. The van der Waals surface area contributed by atoms with Crippen molar-refractivity contribution in [2.75, 3.05) is 11.9 Å². The van der Waals surface area contributed by atoms with E-state index in [2.05, 4.69) is 5.32 Å². The first-order valence-electron chi connectivity index (χ1n) is 4.45. The fourth-order valence-electron chi connectivity index (χ4n) is 1.16. The molecule has 0 spiro atoms. The van der Waals surface area contributed by atoms with Crippen LogP contribution in [0.4, 0.5) is 18.9 Å². The molecule has 0 saturated carbocycles. The van der Waals surface area contributed by atoms with Gasteiger partial charge >= 0.3 is 5.51 Å². The van der Waals surface area contributed by atoms with Crippen molar-refractivity contribution in [2.24, 2.45) is 0 Å². The molecule has 0 heterocycles. The van der Waals surface area contributed by atoms with E-state index in [1.165, 1.54) is 18.2 Å². The van der Waals surface area contributed by atoms with Gasteiger partial charge in [0.15, 0.2) is 0 Å². The van der Waals surface area contributed by atoms with E-state index < -0.39 is 20.2 Å². The van der Waals surface area contributed by atoms with Gasteiger partial charge in [0.05, 0.1) is 10.6 Å². The molecule has 0 aliphatic heterocycles. The summed E-state index contributed by atoms with van der Waals surface area (Å²) in [6.07, 6.45) is 0. The predicted molar refractivity (Wildman–Crippen MR) is 53.8 cm³/mol. The van der Waals surface area contributed by atoms with Crippen LogP contribution in [0.3, 0.4) is 0 Å². The zero-order valence-corrected chi connectivity index (χ0v) is 9.19. The number of anilines is 1. The van der Waals surface area contributed by atoms with Crippen LogP contribution in [0.2, 0.25) is 0 Å². The highest BCUT2D eigenvalue weighted by atomic mass is 32.2. The van der Waals surface area contributed by atoms with Crippen LogP contribution >= 0.6 is 0 Å². The molecule has 90 valence electrons. The van der Waals surface area contributed by atoms with E-state index in [9.17, 15) is 21.6 Å². The maximum Gasteiger partial charge on any atom is 0.501 e. The zero-order chi connectivity index (χ0) is 12.4. The summed E-state index contributed by atoms with van der Waals surface area (Å²) in [5, 5.41) is 2.58. The molecule has 0 fully saturated rings. The molecule has 0 radical (unpaired) electrons. The molecule has 7 heteroatoms. The fourth-order valence-corrected chi connectivity index (χ4v) is 2.10. The van der Waals surface area contributed by atoms with Crippen LogP contribution in [0.15, 0.2) is 29.2 Å². The van der Waals surface area contributed by atoms with Crippen molar-refractivity contribution in [1.82, 2.24) is 0 Å². The number of nitrogens with one attached hydrogen (secondary N) is 1. The van der Waals surface area contributed by atoms with Crippen molar-refractivity contribution in [3.63, 3.8) is 0 Å². The lowest BCUT2D eigenvalue weighted by molar-refractivity contribution is -0.0435. The number of sulfone groups is 1. The fraction of sp³-hybridized carbons (Fsp3) is 0.333. The lowest BCUT2D eigenvalue weighted by atomic mass is 10.3. The van der Waals surface area contributed by atoms with Gasteiger partial charge in [-0.15, -0.1) is 0 Å². The van der Waals surface area contributed by atoms with Crippen LogP contribution in [-0.4, -0.2) is 20.5 Å². The van der Waals surface area contributed by atoms with Gasteiger partial charge < -0.3 is 5.32 Å². The maximum atomic E-state index is 12.3. The molecular formula is C9H10F3NO2S. The first kappa shape index (κ1) is 12.8. The highest BCUT2D eigenvalue weighted by molar-refractivity contribution is 7.92. The van der Waals surface area contributed by atoms with E-state index in [-0.39, 0.29) is 5.69 Å². The van der Waals surface area contributed by atoms with Crippen molar-refractivity contribution in [3.05, 3.63) is 24.3 Å². The maximum absolute atomic E-state index is 12.3. The van der Waals surface area contributed by atoms with Crippen LogP contribution in [0.25, 0.3) is 0 Å². The Hall–Kier alpha value is -1.24. The largest absolute Gasteiger partial charge is 0.501 e. The average molecular weight is 253 g/mol. The molecule has 0 bridgehead atoms. The highest BCUT2D eigenvalue weighted by Crippen LogP contribution is 2.33. The van der Waals surface area contributed by atoms with Crippen LogP contribution in [-0.2, 0) is 9.84 Å². The standard InChI is InChI=1S/C9H10F3NO2S/c1-2-13-7-5-3-4-6-8(7)16(14,15)9(10,11)12/h3-6,13H,2H2,1H3. The second kappa shape index (κ2) is 4.32. The molecule has 0 aliphatic carbocycles. The van der Waals surface area contributed by atoms with Gasteiger partial charge in [0, 0.05) is 6.54 Å². The lowest BCUT2D eigenvalue weighted by Crippen LogP contribution is -2.24. The Kier molecular flexibility index (Phi) is 3.47. The Bertz CT molecular complexity index is 468. The highest BCUT2D eigenvalue weighted by Gasteiger charge is 2.47. The van der Waals surface area contributed by atoms with Gasteiger partial charge in [-0.2, -0.15) is 13.2 Å². The number of hydrogen-bond donors (Lipinski definition) is 1. The van der Waals surface area contributed by atoms with Crippen molar-refractivity contribution >= 4 is 15.5 Å². The Labute approximate surface area is 91.2 Å². The van der Waals surface area contributed by atoms with Crippen molar-refractivity contribution < 1.29 is 21.6 Å². The molecule has 0 aromatic heterocycles. The number of halogens is 3. The van der Waals surface area contributed by atoms with Crippen molar-refractivity contribution in [2.45, 2.75) is 17.3 Å². The van der Waals surface area contributed by atoms with E-state index in [0.717, 1.165) is 6.07 Å². The molecule has 1 aromatic rings. The predicted octanol–water partition coefficient (Wildman–Crippen LogP) is 2.41. The first-order chi connectivity index (χ1) is 7.30. The SMILES string of the molecule is CCNc1ccccc1S(=O)(=O)C(F)(F)F. The van der Waals surface area contributed by atoms with Gasteiger partial charge in [0.2, 0.25) is 0 Å². The summed E-state index contributed by atoms with van der Waals surface area (Å²) < 4.78 is 59.3. The minimum absolute atomic E-state index is 0.0395. The molecule has 1 aromatic carbocycles. The molecule has 16 heavy (non-hydrogen) atoms. The van der Waals surface area contributed by atoms with Crippen molar-refractivity contribution in [3.8, 4) is 0 Å². The van der Waals surface area contributed by atoms with Gasteiger partial charge in [0.1, 0.15) is 0 Å². The summed E-state index contributed by atoms with van der Waals surface area (Å²) in [5.74, 6) is 0. The minimum atomic E-state index is -5.29. The topological polar surface area (TPSA) is 46.2 Å². The molecule has 0 saturated heterocycles. The van der Waals surface area contributed by atoms with Crippen LogP contribution in [0.1, 0.15) is 6.92 Å². The Morgan fingerprint density at radius 2 is 1.81 bits per heavy atom. The lowest BCUT2D eigenvalue weighted by Gasteiger charge is -2.12. The summed E-state index contributed by atoms with van der Waals surface area (Å²) >= 11 is 0. The van der Waals surface area contributed by atoms with Crippen LogP contribution in [0.5, 0.6) is 0 Å². The molecule has 0 unspecified atom stereocenters. The van der Waals surface area contributed by atoms with Gasteiger partial charge in [-0.25, -0.2) is 8.42 Å². The summed E-state index contributed by atoms with van der Waals surface area (Å²) in [4.78, 5) is -0.746. The third-order valence-electron chi connectivity index (χ3n) is 1.85. The van der Waals surface area contributed by atoms with Crippen molar-refractivity contribution in [1.29, 1.82) is 0 Å².